The fourth-order valence-electron chi connectivity index (χ4n) is 3.51. The van der Waals surface area contributed by atoms with Crippen LogP contribution in [0.25, 0.3) is 22.2 Å². The molecule has 0 bridgehead atoms. The van der Waals surface area contributed by atoms with Gasteiger partial charge < -0.3 is 10.1 Å². The van der Waals surface area contributed by atoms with Gasteiger partial charge in [-0.3, -0.25) is 4.79 Å². The lowest BCUT2D eigenvalue weighted by Crippen LogP contribution is -2.27. The van der Waals surface area contributed by atoms with Gasteiger partial charge in [0, 0.05) is 15.4 Å². The number of carbonyl (C=O) groups is 1. The van der Waals surface area contributed by atoms with Gasteiger partial charge in [-0.25, -0.2) is 4.98 Å². The Kier molecular flexibility index (Phi) is 6.33. The largest absolute Gasteiger partial charge is 0.494 e. The van der Waals surface area contributed by atoms with E-state index in [1.165, 1.54) is 0 Å². The predicted octanol–water partition coefficient (Wildman–Crippen LogP) is 6.55. The lowest BCUT2D eigenvalue weighted by molar-refractivity contribution is 0.0941. The molecule has 1 N–H and O–H groups in total. The Bertz CT molecular complexity index is 1200. The van der Waals surface area contributed by atoms with Crippen LogP contribution in [0.15, 0.2) is 83.3 Å². The number of fused-ring (bicyclic) bond motifs is 1. The van der Waals surface area contributed by atoms with Gasteiger partial charge in [-0.1, -0.05) is 46.3 Å². The van der Waals surface area contributed by atoms with Crippen LogP contribution in [0.2, 0.25) is 0 Å². The summed E-state index contributed by atoms with van der Waals surface area (Å²) in [4.78, 5) is 18.0. The molecule has 4 aromatic rings. The van der Waals surface area contributed by atoms with E-state index in [9.17, 15) is 4.79 Å². The number of rotatable bonds is 6. The number of pyridine rings is 1. The molecule has 0 aliphatic carbocycles. The van der Waals surface area contributed by atoms with Crippen LogP contribution in [-0.2, 0) is 0 Å². The lowest BCUT2D eigenvalue weighted by atomic mass is 10.0. The summed E-state index contributed by atoms with van der Waals surface area (Å²) >= 11 is 3.45. The van der Waals surface area contributed by atoms with Gasteiger partial charge in [0.2, 0.25) is 0 Å². The monoisotopic (exact) mass is 474 g/mol. The zero-order valence-corrected chi connectivity index (χ0v) is 19.0. The van der Waals surface area contributed by atoms with Crippen molar-refractivity contribution >= 4 is 32.7 Å². The number of halogens is 1. The highest BCUT2D eigenvalue weighted by atomic mass is 79.9. The molecule has 3 aromatic carbocycles. The summed E-state index contributed by atoms with van der Waals surface area (Å²) in [7, 11) is 0. The third-order valence-corrected chi connectivity index (χ3v) is 5.67. The molecule has 0 aliphatic rings. The molecule has 0 saturated heterocycles. The summed E-state index contributed by atoms with van der Waals surface area (Å²) in [6.45, 7) is 4.56. The van der Waals surface area contributed by atoms with Gasteiger partial charge >= 0.3 is 0 Å². The molecule has 1 aromatic heterocycles. The van der Waals surface area contributed by atoms with Crippen molar-refractivity contribution in [3.63, 3.8) is 0 Å². The van der Waals surface area contributed by atoms with Gasteiger partial charge in [-0.05, 0) is 67.9 Å². The number of hydrogen-bond donors (Lipinski definition) is 1. The molecular formula is C26H23BrN2O2. The van der Waals surface area contributed by atoms with Crippen molar-refractivity contribution in [1.82, 2.24) is 10.3 Å². The van der Waals surface area contributed by atoms with E-state index in [0.717, 1.165) is 37.9 Å². The van der Waals surface area contributed by atoms with Gasteiger partial charge in [0.25, 0.3) is 5.91 Å². The van der Waals surface area contributed by atoms with Crippen LogP contribution < -0.4 is 10.1 Å². The predicted molar refractivity (Wildman–Crippen MR) is 128 cm³/mol. The zero-order chi connectivity index (χ0) is 21.8. The number of nitrogens with one attached hydrogen (secondary N) is 1. The van der Waals surface area contributed by atoms with Gasteiger partial charge in [0.05, 0.1) is 29.4 Å². The van der Waals surface area contributed by atoms with Crippen LogP contribution >= 0.6 is 15.9 Å². The molecule has 0 unspecified atom stereocenters. The van der Waals surface area contributed by atoms with Gasteiger partial charge in [0.15, 0.2) is 0 Å². The first-order valence-electron chi connectivity index (χ1n) is 10.2. The number of amides is 1. The molecule has 0 saturated carbocycles. The normalized spacial score (nSPS) is 11.8. The Hall–Kier alpha value is -3.18. The first kappa shape index (κ1) is 21.1. The molecule has 1 amide bonds. The molecule has 5 heteroatoms. The Morgan fingerprint density at radius 1 is 1.03 bits per heavy atom. The van der Waals surface area contributed by atoms with Crippen LogP contribution in [0.3, 0.4) is 0 Å². The van der Waals surface area contributed by atoms with E-state index in [1.807, 2.05) is 92.7 Å². The number of ether oxygens (including phenoxy) is 1. The summed E-state index contributed by atoms with van der Waals surface area (Å²) < 4.78 is 6.54. The SMILES string of the molecule is CCOc1ccc(-c2cc(C(=O)N[C@@H](C)c3ccc(Br)cc3)c3ccccc3n2)cc1. The summed E-state index contributed by atoms with van der Waals surface area (Å²) in [6.07, 6.45) is 0. The van der Waals surface area contributed by atoms with E-state index in [1.54, 1.807) is 0 Å². The van der Waals surface area contributed by atoms with Gasteiger partial charge in [0.1, 0.15) is 5.75 Å². The number of para-hydroxylation sites is 1. The zero-order valence-electron chi connectivity index (χ0n) is 17.4. The topological polar surface area (TPSA) is 51.2 Å². The molecule has 156 valence electrons. The third kappa shape index (κ3) is 4.78. The molecular weight excluding hydrogens is 452 g/mol. The second-order valence-corrected chi connectivity index (χ2v) is 8.19. The summed E-state index contributed by atoms with van der Waals surface area (Å²) in [5.41, 5.74) is 4.13. The fourth-order valence-corrected chi connectivity index (χ4v) is 3.77. The van der Waals surface area contributed by atoms with Crippen molar-refractivity contribution < 1.29 is 9.53 Å². The minimum atomic E-state index is -0.124. The summed E-state index contributed by atoms with van der Waals surface area (Å²) in [5, 5.41) is 3.96. The number of carbonyl (C=O) groups excluding carboxylic acids is 1. The van der Waals surface area contributed by atoms with Crippen LogP contribution in [0, 0.1) is 0 Å². The first-order chi connectivity index (χ1) is 15.0. The quantitative estimate of drug-likeness (QED) is 0.344. The van der Waals surface area contributed by atoms with Crippen molar-refractivity contribution in [3.8, 4) is 17.0 Å². The van der Waals surface area contributed by atoms with E-state index < -0.39 is 0 Å². The molecule has 0 radical (unpaired) electrons. The minimum Gasteiger partial charge on any atom is -0.494 e. The maximum absolute atomic E-state index is 13.3. The van der Waals surface area contributed by atoms with Crippen LogP contribution in [0.4, 0.5) is 0 Å². The molecule has 4 rings (SSSR count). The molecule has 1 atom stereocenters. The van der Waals surface area contributed by atoms with E-state index in [0.29, 0.717) is 12.2 Å². The standard InChI is InChI=1S/C26H23BrN2O2/c1-3-31-21-14-10-19(11-15-21)25-16-23(22-6-4-5-7-24(22)29-25)26(30)28-17(2)18-8-12-20(27)13-9-18/h4-17H,3H2,1-2H3,(H,28,30)/t17-/m0/s1. The Morgan fingerprint density at radius 2 is 1.74 bits per heavy atom. The fraction of sp³-hybridized carbons (Fsp3) is 0.154. The highest BCUT2D eigenvalue weighted by molar-refractivity contribution is 9.10. The maximum Gasteiger partial charge on any atom is 0.252 e. The summed E-state index contributed by atoms with van der Waals surface area (Å²) in [5.74, 6) is 0.689. The first-order valence-corrected chi connectivity index (χ1v) is 11.0. The van der Waals surface area contributed by atoms with E-state index >= 15 is 0 Å². The molecule has 0 spiro atoms. The molecule has 1 heterocycles. The number of nitrogens with zero attached hydrogens (tertiary/aromatic N) is 1. The second-order valence-electron chi connectivity index (χ2n) is 7.28. The lowest BCUT2D eigenvalue weighted by Gasteiger charge is -2.16. The van der Waals surface area contributed by atoms with Crippen molar-refractivity contribution in [3.05, 3.63) is 94.5 Å². The minimum absolute atomic E-state index is 0.124. The Morgan fingerprint density at radius 3 is 2.45 bits per heavy atom. The average molecular weight is 475 g/mol. The van der Waals surface area contributed by atoms with Crippen LogP contribution in [0.5, 0.6) is 5.75 Å². The van der Waals surface area contributed by atoms with Crippen molar-refractivity contribution in [2.75, 3.05) is 6.61 Å². The van der Waals surface area contributed by atoms with Crippen LogP contribution in [0.1, 0.15) is 35.8 Å². The highest BCUT2D eigenvalue weighted by Gasteiger charge is 2.16. The Labute approximate surface area is 190 Å². The van der Waals surface area contributed by atoms with Crippen LogP contribution in [-0.4, -0.2) is 17.5 Å². The molecule has 31 heavy (non-hydrogen) atoms. The van der Waals surface area contributed by atoms with Crippen molar-refractivity contribution in [2.24, 2.45) is 0 Å². The maximum atomic E-state index is 13.3. The Balaban J connectivity index is 1.69. The second kappa shape index (κ2) is 9.31. The van der Waals surface area contributed by atoms with Crippen molar-refractivity contribution in [2.45, 2.75) is 19.9 Å². The van der Waals surface area contributed by atoms with E-state index in [2.05, 4.69) is 21.2 Å². The van der Waals surface area contributed by atoms with Crippen molar-refractivity contribution in [1.29, 1.82) is 0 Å². The number of hydrogen-bond acceptors (Lipinski definition) is 3. The number of benzene rings is 3. The van der Waals surface area contributed by atoms with Gasteiger partial charge in [-0.2, -0.15) is 0 Å². The molecule has 4 nitrogen and oxygen atoms in total. The smallest absolute Gasteiger partial charge is 0.252 e. The molecule has 0 fully saturated rings. The number of aromatic nitrogens is 1. The average Bonchev–Trinajstić information content (AvgIpc) is 2.79. The third-order valence-electron chi connectivity index (χ3n) is 5.14. The van der Waals surface area contributed by atoms with Gasteiger partial charge in [-0.15, -0.1) is 0 Å². The van der Waals surface area contributed by atoms with E-state index in [-0.39, 0.29) is 11.9 Å². The summed E-state index contributed by atoms with van der Waals surface area (Å²) in [6, 6.07) is 25.2. The van der Waals surface area contributed by atoms with E-state index in [4.69, 9.17) is 9.72 Å². The highest BCUT2D eigenvalue weighted by Crippen LogP contribution is 2.27. The molecule has 0 aliphatic heterocycles.